The van der Waals surface area contributed by atoms with Crippen molar-refractivity contribution in [2.45, 2.75) is 70.6 Å². The summed E-state index contributed by atoms with van der Waals surface area (Å²) in [4.78, 5) is 76.9. The molecule has 3 atom stereocenters. The molecule has 14 nitrogen and oxygen atoms in total. The number of anilines is 1. The molecule has 270 valence electrons. The average Bonchev–Trinajstić information content (AvgIpc) is 3.11. The normalized spacial score (nSPS) is 15.5. The number of carboxylic acids is 1. The quantitative estimate of drug-likeness (QED) is 0.124. The minimum Gasteiger partial charge on any atom is -0.493 e. The van der Waals surface area contributed by atoms with Crippen LogP contribution in [0.4, 0.5) is 5.69 Å². The van der Waals surface area contributed by atoms with Crippen molar-refractivity contribution in [2.24, 2.45) is 5.41 Å². The zero-order valence-corrected chi connectivity index (χ0v) is 28.6. The minimum atomic E-state index is -1.88. The molecule has 0 radical (unpaired) electrons. The first-order valence-corrected chi connectivity index (χ1v) is 16.1. The van der Waals surface area contributed by atoms with Crippen molar-refractivity contribution in [3.63, 3.8) is 0 Å². The number of carbonyl (C=O) groups excluding carboxylic acids is 5. The van der Waals surface area contributed by atoms with E-state index in [1.165, 1.54) is 33.0 Å². The van der Waals surface area contributed by atoms with Gasteiger partial charge in [-0.25, -0.2) is 14.4 Å². The van der Waals surface area contributed by atoms with Gasteiger partial charge in [-0.3, -0.25) is 14.4 Å². The van der Waals surface area contributed by atoms with E-state index in [9.17, 15) is 33.9 Å². The summed E-state index contributed by atoms with van der Waals surface area (Å²) in [7, 11) is 3.03. The molecule has 1 aliphatic heterocycles. The number of piperidine rings is 1. The van der Waals surface area contributed by atoms with Gasteiger partial charge in [0.05, 0.1) is 26.1 Å². The summed E-state index contributed by atoms with van der Waals surface area (Å²) in [5, 5.41) is 21.1. The van der Waals surface area contributed by atoms with Crippen molar-refractivity contribution in [3.05, 3.63) is 66.2 Å². The minimum absolute atomic E-state index is 0.146. The SMILES string of the molecule is C=CC(=O)OCC(C)(C)C(=O)C(=O)N1CCCCC1C(=O)O[C@H](CCc1ccc(OC)c(OC)c1)c1cccc(NC(=O)CC(O)C(=O)O)c1. The number of nitrogens with zero attached hydrogens (tertiary/aromatic N) is 1. The fourth-order valence-electron chi connectivity index (χ4n) is 5.35. The molecule has 3 rings (SSSR count). The van der Waals surface area contributed by atoms with Crippen LogP contribution in [-0.4, -0.2) is 90.1 Å². The van der Waals surface area contributed by atoms with Crippen molar-refractivity contribution in [1.82, 2.24) is 4.90 Å². The number of likely N-dealkylation sites (tertiary alicyclic amines) is 1. The number of carboxylic acid groups (broad SMARTS) is 1. The summed E-state index contributed by atoms with van der Waals surface area (Å²) in [5.41, 5.74) is 0.243. The van der Waals surface area contributed by atoms with E-state index in [4.69, 9.17) is 24.1 Å². The molecule has 0 spiro atoms. The van der Waals surface area contributed by atoms with Crippen LogP contribution in [0.15, 0.2) is 55.1 Å². The molecular weight excluding hydrogens is 652 g/mol. The lowest BCUT2D eigenvalue weighted by Crippen LogP contribution is -2.53. The van der Waals surface area contributed by atoms with Gasteiger partial charge in [0.25, 0.3) is 5.91 Å². The highest BCUT2D eigenvalue weighted by atomic mass is 16.5. The first kappa shape index (κ1) is 39.2. The largest absolute Gasteiger partial charge is 0.493 e. The fourth-order valence-corrected chi connectivity index (χ4v) is 5.35. The highest BCUT2D eigenvalue weighted by Gasteiger charge is 2.42. The number of Topliss-reactive ketones (excluding diaryl/α,β-unsaturated/α-hetero) is 1. The molecule has 0 aliphatic carbocycles. The van der Waals surface area contributed by atoms with Gasteiger partial charge in [0, 0.05) is 18.3 Å². The zero-order valence-electron chi connectivity index (χ0n) is 28.6. The molecule has 14 heteroatoms. The Balaban J connectivity index is 1.87. The first-order chi connectivity index (χ1) is 23.7. The number of aliphatic carboxylic acids is 1. The molecule has 0 bridgehead atoms. The van der Waals surface area contributed by atoms with Crippen molar-refractivity contribution in [3.8, 4) is 11.5 Å². The number of aliphatic hydroxyl groups is 1. The summed E-state index contributed by atoms with van der Waals surface area (Å²) in [6.07, 6.45) is -0.387. The lowest BCUT2D eigenvalue weighted by molar-refractivity contribution is -0.165. The maximum Gasteiger partial charge on any atom is 0.333 e. The smallest absolute Gasteiger partial charge is 0.333 e. The molecular formula is C36H44N2O12. The van der Waals surface area contributed by atoms with Gasteiger partial charge in [0.2, 0.25) is 11.7 Å². The number of hydrogen-bond acceptors (Lipinski definition) is 11. The van der Waals surface area contributed by atoms with Crippen molar-refractivity contribution in [1.29, 1.82) is 0 Å². The van der Waals surface area contributed by atoms with Gasteiger partial charge < -0.3 is 39.4 Å². The predicted molar refractivity (Wildman–Crippen MR) is 179 cm³/mol. The number of nitrogens with one attached hydrogen (secondary N) is 1. The van der Waals surface area contributed by atoms with E-state index in [2.05, 4.69) is 11.9 Å². The topological polar surface area (TPSA) is 195 Å². The Morgan fingerprint density at radius 2 is 1.76 bits per heavy atom. The number of aryl methyl sites for hydroxylation is 1. The predicted octanol–water partition coefficient (Wildman–Crippen LogP) is 3.40. The Labute approximate surface area is 290 Å². The molecule has 1 heterocycles. The summed E-state index contributed by atoms with van der Waals surface area (Å²) >= 11 is 0. The number of aliphatic hydroxyl groups excluding tert-OH is 1. The number of ether oxygens (including phenoxy) is 4. The second-order valence-corrected chi connectivity index (χ2v) is 12.4. The summed E-state index contributed by atoms with van der Waals surface area (Å²) < 4.78 is 21.9. The lowest BCUT2D eigenvalue weighted by atomic mass is 9.87. The zero-order chi connectivity index (χ0) is 37.0. The summed E-state index contributed by atoms with van der Waals surface area (Å²) in [6, 6.07) is 10.8. The molecule has 1 aliphatic rings. The number of amides is 2. The molecule has 2 aromatic rings. The Morgan fingerprint density at radius 1 is 1.04 bits per heavy atom. The average molecular weight is 697 g/mol. The molecule has 0 saturated carbocycles. The summed E-state index contributed by atoms with van der Waals surface area (Å²) in [6.45, 7) is 6.06. The van der Waals surface area contributed by atoms with E-state index in [-0.39, 0.29) is 31.7 Å². The van der Waals surface area contributed by atoms with E-state index >= 15 is 0 Å². The van der Waals surface area contributed by atoms with Crippen LogP contribution in [0.1, 0.15) is 63.2 Å². The van der Waals surface area contributed by atoms with E-state index in [0.29, 0.717) is 36.3 Å². The van der Waals surface area contributed by atoms with Crippen LogP contribution in [0.3, 0.4) is 0 Å². The number of rotatable bonds is 17. The van der Waals surface area contributed by atoms with E-state index in [1.54, 1.807) is 36.4 Å². The van der Waals surface area contributed by atoms with Crippen LogP contribution in [0.25, 0.3) is 0 Å². The van der Waals surface area contributed by atoms with Crippen molar-refractivity contribution >= 4 is 41.2 Å². The van der Waals surface area contributed by atoms with Gasteiger partial charge in [0.1, 0.15) is 18.8 Å². The highest BCUT2D eigenvalue weighted by Crippen LogP contribution is 2.32. The number of ketones is 1. The Hall–Kier alpha value is -5.24. The van der Waals surface area contributed by atoms with Gasteiger partial charge in [-0.2, -0.15) is 0 Å². The molecule has 0 aromatic heterocycles. The molecule has 1 saturated heterocycles. The molecule has 2 unspecified atom stereocenters. The van der Waals surface area contributed by atoms with Crippen LogP contribution in [0, 0.1) is 5.41 Å². The Bertz CT molecular complexity index is 1590. The second-order valence-electron chi connectivity index (χ2n) is 12.4. The third kappa shape index (κ3) is 10.6. The fraction of sp³-hybridized carbons (Fsp3) is 0.444. The molecule has 2 aromatic carbocycles. The van der Waals surface area contributed by atoms with E-state index in [0.717, 1.165) is 11.6 Å². The maximum atomic E-state index is 13.9. The molecule has 1 fully saturated rings. The molecule has 2 amide bonds. The second kappa shape index (κ2) is 18.0. The van der Waals surface area contributed by atoms with Gasteiger partial charge in [-0.15, -0.1) is 0 Å². The maximum absolute atomic E-state index is 13.9. The van der Waals surface area contributed by atoms with Crippen LogP contribution < -0.4 is 14.8 Å². The van der Waals surface area contributed by atoms with Crippen LogP contribution >= 0.6 is 0 Å². The summed E-state index contributed by atoms with van der Waals surface area (Å²) in [5.74, 6) is -4.40. The van der Waals surface area contributed by atoms with Gasteiger partial charge >= 0.3 is 17.9 Å². The molecule has 3 N–H and O–H groups in total. The Kier molecular flexibility index (Phi) is 14.1. The number of methoxy groups -OCH3 is 2. The van der Waals surface area contributed by atoms with Gasteiger partial charge in [0.15, 0.2) is 17.6 Å². The lowest BCUT2D eigenvalue weighted by Gasteiger charge is -2.36. The monoisotopic (exact) mass is 696 g/mol. The van der Waals surface area contributed by atoms with Crippen LogP contribution in [-0.2, 0) is 44.7 Å². The number of carbonyl (C=O) groups is 6. The molecule has 50 heavy (non-hydrogen) atoms. The van der Waals surface area contributed by atoms with Gasteiger partial charge in [-0.05, 0) is 81.3 Å². The number of benzene rings is 2. The third-order valence-electron chi connectivity index (χ3n) is 8.19. The third-order valence-corrected chi connectivity index (χ3v) is 8.19. The van der Waals surface area contributed by atoms with Gasteiger partial charge in [-0.1, -0.05) is 24.8 Å². The number of hydrogen-bond donors (Lipinski definition) is 3. The Morgan fingerprint density at radius 3 is 2.42 bits per heavy atom. The van der Waals surface area contributed by atoms with Crippen molar-refractivity contribution < 1.29 is 57.9 Å². The van der Waals surface area contributed by atoms with E-state index < -0.39 is 65.6 Å². The van der Waals surface area contributed by atoms with Crippen molar-refractivity contribution in [2.75, 3.05) is 32.7 Å². The first-order valence-electron chi connectivity index (χ1n) is 16.1. The van der Waals surface area contributed by atoms with Crippen LogP contribution in [0.2, 0.25) is 0 Å². The standard InChI is InChI=1S/C36H44N2O12/c1-6-31(41)49-21-36(2,3)32(42)33(43)38-17-8-7-12-25(38)35(46)50-27(15-13-22-14-16-28(47-4)29(18-22)48-5)23-10-9-11-24(19-23)37-30(40)20-26(39)34(44)45/h6,9-11,14,16,18-19,25-27,39H,1,7-8,12-13,15,17,20-21H2,2-5H3,(H,37,40)(H,44,45)/t25?,26?,27-/m1/s1. The van der Waals surface area contributed by atoms with E-state index in [1.807, 2.05) is 6.07 Å². The highest BCUT2D eigenvalue weighted by molar-refractivity contribution is 6.38. The number of esters is 2. The van der Waals surface area contributed by atoms with Crippen LogP contribution in [0.5, 0.6) is 11.5 Å².